The van der Waals surface area contributed by atoms with E-state index in [1.54, 1.807) is 0 Å². The van der Waals surface area contributed by atoms with Crippen molar-refractivity contribution in [3.05, 3.63) is 29.3 Å². The van der Waals surface area contributed by atoms with Crippen LogP contribution in [0.2, 0.25) is 0 Å². The molecule has 1 aromatic rings. The summed E-state index contributed by atoms with van der Waals surface area (Å²) in [5, 5.41) is 9.94. The van der Waals surface area contributed by atoms with Gasteiger partial charge in [0, 0.05) is 24.3 Å². The highest BCUT2D eigenvalue weighted by atomic mass is 16.3. The summed E-state index contributed by atoms with van der Waals surface area (Å²) in [6, 6.07) is 6.38. The van der Waals surface area contributed by atoms with Gasteiger partial charge >= 0.3 is 0 Å². The van der Waals surface area contributed by atoms with Crippen molar-refractivity contribution in [1.29, 1.82) is 0 Å². The predicted molar refractivity (Wildman–Crippen MR) is 75.0 cm³/mol. The van der Waals surface area contributed by atoms with Crippen LogP contribution in [-0.4, -0.2) is 18.2 Å². The molecular formula is C16H23NO. The number of rotatable bonds is 3. The highest BCUT2D eigenvalue weighted by molar-refractivity contribution is 5.64. The first-order chi connectivity index (χ1) is 8.75. The third-order valence-corrected chi connectivity index (χ3v) is 4.52. The number of para-hydroxylation sites is 1. The van der Waals surface area contributed by atoms with Crippen molar-refractivity contribution in [3.63, 3.8) is 0 Å². The summed E-state index contributed by atoms with van der Waals surface area (Å²) in [5.41, 5.74) is 3.87. The molecule has 0 aromatic heterocycles. The molecule has 1 atom stereocenters. The summed E-state index contributed by atoms with van der Waals surface area (Å²) >= 11 is 0. The quantitative estimate of drug-likeness (QED) is 0.883. The van der Waals surface area contributed by atoms with Crippen LogP contribution in [0, 0.1) is 5.92 Å². The van der Waals surface area contributed by atoms with Gasteiger partial charge < -0.3 is 10.0 Å². The standard InChI is InChI=1S/C16H23NO/c1-12(18)15-8-4-7-14-9-10-17(16(14)15)11-13-5-2-3-6-13/h4,7-8,12-13,18H,2-3,5-6,9-11H2,1H3. The average Bonchev–Trinajstić information content (AvgIpc) is 2.99. The summed E-state index contributed by atoms with van der Waals surface area (Å²) in [5.74, 6) is 0.873. The maximum atomic E-state index is 9.94. The van der Waals surface area contributed by atoms with Crippen LogP contribution in [0.4, 0.5) is 5.69 Å². The fourth-order valence-corrected chi connectivity index (χ4v) is 3.59. The van der Waals surface area contributed by atoms with Crippen molar-refractivity contribution < 1.29 is 5.11 Å². The monoisotopic (exact) mass is 245 g/mol. The van der Waals surface area contributed by atoms with Crippen molar-refractivity contribution in [3.8, 4) is 0 Å². The lowest BCUT2D eigenvalue weighted by molar-refractivity contribution is 0.199. The van der Waals surface area contributed by atoms with Crippen LogP contribution in [0.5, 0.6) is 0 Å². The van der Waals surface area contributed by atoms with Crippen LogP contribution in [0.15, 0.2) is 18.2 Å². The molecule has 1 aromatic carbocycles. The van der Waals surface area contributed by atoms with Crippen LogP contribution in [0.25, 0.3) is 0 Å². The molecular weight excluding hydrogens is 222 g/mol. The lowest BCUT2D eigenvalue weighted by Gasteiger charge is -2.26. The number of aliphatic hydroxyl groups is 1. The summed E-state index contributed by atoms with van der Waals surface area (Å²) in [4.78, 5) is 2.52. The Morgan fingerprint density at radius 2 is 2.11 bits per heavy atom. The first-order valence-electron chi connectivity index (χ1n) is 7.30. The van der Waals surface area contributed by atoms with Gasteiger partial charge in [-0.2, -0.15) is 0 Å². The second kappa shape index (κ2) is 4.93. The van der Waals surface area contributed by atoms with Gasteiger partial charge in [0.05, 0.1) is 6.10 Å². The number of benzene rings is 1. The molecule has 1 heterocycles. The maximum Gasteiger partial charge on any atom is 0.0782 e. The Morgan fingerprint density at radius 3 is 2.83 bits per heavy atom. The fraction of sp³-hybridized carbons (Fsp3) is 0.625. The smallest absolute Gasteiger partial charge is 0.0782 e. The summed E-state index contributed by atoms with van der Waals surface area (Å²) in [7, 11) is 0. The number of aliphatic hydroxyl groups excluding tert-OH is 1. The van der Waals surface area contributed by atoms with E-state index in [1.807, 2.05) is 6.92 Å². The first-order valence-corrected chi connectivity index (χ1v) is 7.30. The van der Waals surface area contributed by atoms with Gasteiger partial charge in [-0.25, -0.2) is 0 Å². The van der Waals surface area contributed by atoms with Crippen LogP contribution in [-0.2, 0) is 6.42 Å². The SMILES string of the molecule is CC(O)c1cccc2c1N(CC1CCCC1)CC2. The predicted octanol–water partition coefficient (Wildman–Crippen LogP) is 3.29. The van der Waals surface area contributed by atoms with Gasteiger partial charge in [0.25, 0.3) is 0 Å². The van der Waals surface area contributed by atoms with Gasteiger partial charge in [0.1, 0.15) is 0 Å². The minimum atomic E-state index is -0.357. The molecule has 2 nitrogen and oxygen atoms in total. The van der Waals surface area contributed by atoms with Crippen LogP contribution in [0.3, 0.4) is 0 Å². The molecule has 1 fully saturated rings. The number of hydrogen-bond acceptors (Lipinski definition) is 2. The number of anilines is 1. The zero-order valence-corrected chi connectivity index (χ0v) is 11.2. The number of nitrogens with zero attached hydrogens (tertiary/aromatic N) is 1. The summed E-state index contributed by atoms with van der Waals surface area (Å²) < 4.78 is 0. The van der Waals surface area contributed by atoms with E-state index in [-0.39, 0.29) is 6.10 Å². The molecule has 0 amide bonds. The largest absolute Gasteiger partial charge is 0.389 e. The van der Waals surface area contributed by atoms with E-state index in [0.717, 1.165) is 24.4 Å². The zero-order valence-electron chi connectivity index (χ0n) is 11.2. The summed E-state index contributed by atoms with van der Waals surface area (Å²) in [6.45, 7) is 4.20. The minimum absolute atomic E-state index is 0.357. The maximum absolute atomic E-state index is 9.94. The normalized spacial score (nSPS) is 21.3. The molecule has 3 rings (SSSR count). The van der Waals surface area contributed by atoms with E-state index < -0.39 is 0 Å². The van der Waals surface area contributed by atoms with E-state index in [1.165, 1.54) is 43.5 Å². The van der Waals surface area contributed by atoms with Gasteiger partial charge in [0.15, 0.2) is 0 Å². The fourth-order valence-electron chi connectivity index (χ4n) is 3.59. The minimum Gasteiger partial charge on any atom is -0.389 e. The van der Waals surface area contributed by atoms with Gasteiger partial charge in [-0.1, -0.05) is 31.0 Å². The van der Waals surface area contributed by atoms with Gasteiger partial charge in [-0.05, 0) is 37.7 Å². The molecule has 0 spiro atoms. The van der Waals surface area contributed by atoms with Crippen molar-refractivity contribution in [1.82, 2.24) is 0 Å². The first kappa shape index (κ1) is 12.0. The van der Waals surface area contributed by atoms with E-state index in [9.17, 15) is 5.11 Å². The van der Waals surface area contributed by atoms with Gasteiger partial charge in [-0.15, -0.1) is 0 Å². The molecule has 1 saturated carbocycles. The molecule has 1 N–H and O–H groups in total. The number of hydrogen-bond donors (Lipinski definition) is 1. The molecule has 0 bridgehead atoms. The Labute approximate surface area is 110 Å². The van der Waals surface area contributed by atoms with Crippen LogP contribution >= 0.6 is 0 Å². The van der Waals surface area contributed by atoms with Crippen LogP contribution < -0.4 is 4.90 Å². The molecule has 2 aliphatic rings. The lowest BCUT2D eigenvalue weighted by Crippen LogP contribution is -2.27. The van der Waals surface area contributed by atoms with Crippen LogP contribution in [0.1, 0.15) is 49.8 Å². The highest BCUT2D eigenvalue weighted by Crippen LogP contribution is 2.37. The van der Waals surface area contributed by atoms with Crippen molar-refractivity contribution in [2.75, 3.05) is 18.0 Å². The van der Waals surface area contributed by atoms with E-state index >= 15 is 0 Å². The molecule has 1 aliphatic carbocycles. The van der Waals surface area contributed by atoms with E-state index in [4.69, 9.17) is 0 Å². The Morgan fingerprint density at radius 1 is 1.33 bits per heavy atom. The lowest BCUT2D eigenvalue weighted by atomic mass is 10.0. The molecule has 98 valence electrons. The third kappa shape index (κ3) is 2.14. The second-order valence-corrected chi connectivity index (χ2v) is 5.88. The van der Waals surface area contributed by atoms with Gasteiger partial charge in [0.2, 0.25) is 0 Å². The molecule has 0 saturated heterocycles. The topological polar surface area (TPSA) is 23.5 Å². The van der Waals surface area contributed by atoms with Crippen molar-refractivity contribution >= 4 is 5.69 Å². The summed E-state index contributed by atoms with van der Waals surface area (Å²) in [6.07, 6.45) is 6.38. The van der Waals surface area contributed by atoms with E-state index in [2.05, 4.69) is 23.1 Å². The second-order valence-electron chi connectivity index (χ2n) is 5.88. The Balaban J connectivity index is 1.84. The highest BCUT2D eigenvalue weighted by Gasteiger charge is 2.26. The molecule has 1 unspecified atom stereocenters. The molecule has 18 heavy (non-hydrogen) atoms. The average molecular weight is 245 g/mol. The van der Waals surface area contributed by atoms with Gasteiger partial charge in [-0.3, -0.25) is 0 Å². The molecule has 1 aliphatic heterocycles. The zero-order chi connectivity index (χ0) is 12.5. The van der Waals surface area contributed by atoms with Crippen molar-refractivity contribution in [2.24, 2.45) is 5.92 Å². The molecule has 2 heteroatoms. The van der Waals surface area contributed by atoms with E-state index in [0.29, 0.717) is 0 Å². The number of fused-ring (bicyclic) bond motifs is 1. The van der Waals surface area contributed by atoms with Crippen molar-refractivity contribution in [2.45, 2.75) is 45.1 Å². The Bertz CT molecular complexity index is 421. The molecule has 0 radical (unpaired) electrons. The Kier molecular flexibility index (Phi) is 3.29. The third-order valence-electron chi connectivity index (χ3n) is 4.52. The Hall–Kier alpha value is -1.02.